The lowest BCUT2D eigenvalue weighted by Crippen LogP contribution is -2.04. The van der Waals surface area contributed by atoms with Gasteiger partial charge in [0.05, 0.1) is 18.6 Å². The van der Waals surface area contributed by atoms with Crippen LogP contribution >= 0.6 is 0 Å². The van der Waals surface area contributed by atoms with Gasteiger partial charge in [0.1, 0.15) is 5.75 Å². The summed E-state index contributed by atoms with van der Waals surface area (Å²) in [6.45, 7) is 4.65. The number of rotatable bonds is 5. The van der Waals surface area contributed by atoms with E-state index in [0.29, 0.717) is 13.0 Å². The second-order valence-corrected chi connectivity index (χ2v) is 5.04. The van der Waals surface area contributed by atoms with Crippen LogP contribution in [0.2, 0.25) is 0 Å². The van der Waals surface area contributed by atoms with E-state index in [4.69, 9.17) is 4.74 Å². The lowest BCUT2D eigenvalue weighted by atomic mass is 9.97. The van der Waals surface area contributed by atoms with Crippen LogP contribution in [0.15, 0.2) is 48.5 Å². The van der Waals surface area contributed by atoms with Crippen LogP contribution in [0.4, 0.5) is 0 Å². The van der Waals surface area contributed by atoms with Crippen LogP contribution in [-0.4, -0.2) is 6.61 Å². The molecule has 0 aliphatic heterocycles. The molecule has 102 valence electrons. The fraction of sp³-hybridized carbons (Fsp3) is 0.278. The Morgan fingerprint density at radius 3 is 2.05 bits per heavy atom. The summed E-state index contributed by atoms with van der Waals surface area (Å²) in [6, 6.07) is 18.5. The summed E-state index contributed by atoms with van der Waals surface area (Å²) < 4.78 is 5.69. The third-order valence-electron chi connectivity index (χ3n) is 3.33. The Bertz CT molecular complexity index is 578. The van der Waals surface area contributed by atoms with Crippen molar-refractivity contribution in [1.29, 1.82) is 5.26 Å². The summed E-state index contributed by atoms with van der Waals surface area (Å²) in [5.74, 6) is 0.747. The normalized spacial score (nSPS) is 11.7. The average molecular weight is 265 g/mol. The highest BCUT2D eigenvalue weighted by atomic mass is 16.5. The molecule has 0 fully saturated rings. The summed E-state index contributed by atoms with van der Waals surface area (Å²) in [4.78, 5) is 0. The molecule has 2 heteroatoms. The topological polar surface area (TPSA) is 33.0 Å². The van der Waals surface area contributed by atoms with Crippen molar-refractivity contribution in [3.05, 3.63) is 65.2 Å². The van der Waals surface area contributed by atoms with Gasteiger partial charge in [0.2, 0.25) is 0 Å². The molecule has 0 aliphatic carbocycles. The monoisotopic (exact) mass is 265 g/mol. The molecule has 0 N–H and O–H groups in total. The van der Waals surface area contributed by atoms with Crippen molar-refractivity contribution in [2.75, 3.05) is 6.61 Å². The van der Waals surface area contributed by atoms with Crippen molar-refractivity contribution in [3.8, 4) is 11.8 Å². The highest BCUT2D eigenvalue weighted by Crippen LogP contribution is 2.20. The van der Waals surface area contributed by atoms with Crippen molar-refractivity contribution in [2.45, 2.75) is 26.2 Å². The molecule has 0 heterocycles. The maximum atomic E-state index is 9.28. The third-order valence-corrected chi connectivity index (χ3v) is 3.33. The van der Waals surface area contributed by atoms with Crippen LogP contribution < -0.4 is 4.74 Å². The van der Waals surface area contributed by atoms with Crippen LogP contribution in [0.1, 0.15) is 29.0 Å². The second-order valence-electron chi connectivity index (χ2n) is 5.04. The van der Waals surface area contributed by atoms with Gasteiger partial charge in [0, 0.05) is 6.42 Å². The van der Waals surface area contributed by atoms with E-state index < -0.39 is 0 Å². The second kappa shape index (κ2) is 6.77. The fourth-order valence-electron chi connectivity index (χ4n) is 2.03. The first-order chi connectivity index (χ1) is 9.69. The van der Waals surface area contributed by atoms with Gasteiger partial charge in [-0.15, -0.1) is 0 Å². The molecule has 2 rings (SSSR count). The highest BCUT2D eigenvalue weighted by molar-refractivity contribution is 5.29. The molecule has 0 aromatic heterocycles. The van der Waals surface area contributed by atoms with Gasteiger partial charge >= 0.3 is 0 Å². The number of aryl methyl sites for hydroxylation is 2. The average Bonchev–Trinajstić information content (AvgIpc) is 2.47. The van der Waals surface area contributed by atoms with E-state index >= 15 is 0 Å². The van der Waals surface area contributed by atoms with Crippen LogP contribution in [0, 0.1) is 25.2 Å². The number of hydrogen-bond donors (Lipinski definition) is 0. The summed E-state index contributed by atoms with van der Waals surface area (Å²) in [5.41, 5.74) is 3.49. The van der Waals surface area contributed by atoms with Crippen LogP contribution in [-0.2, 0) is 0 Å². The number of nitrogens with zero attached hydrogens (tertiary/aromatic N) is 1. The SMILES string of the molecule is Cc1ccc(OCCC(C#N)c2ccc(C)cc2)cc1. The zero-order chi connectivity index (χ0) is 14.4. The standard InChI is InChI=1S/C18H19NO/c1-14-3-7-16(8-4-14)17(13-19)11-12-20-18-9-5-15(2)6-10-18/h3-10,17H,11-12H2,1-2H3. The van der Waals surface area contributed by atoms with Gasteiger partial charge in [-0.2, -0.15) is 5.26 Å². The number of hydrogen-bond acceptors (Lipinski definition) is 2. The molecule has 2 aromatic rings. The summed E-state index contributed by atoms with van der Waals surface area (Å²) in [5, 5.41) is 9.28. The zero-order valence-electron chi connectivity index (χ0n) is 12.0. The largest absolute Gasteiger partial charge is 0.494 e. The van der Waals surface area contributed by atoms with Crippen molar-refractivity contribution < 1.29 is 4.74 Å². The molecule has 1 atom stereocenters. The van der Waals surface area contributed by atoms with Gasteiger partial charge in [-0.25, -0.2) is 0 Å². The predicted molar refractivity (Wildman–Crippen MR) is 80.8 cm³/mol. The van der Waals surface area contributed by atoms with E-state index in [1.165, 1.54) is 11.1 Å². The molecular formula is C18H19NO. The number of nitriles is 1. The highest BCUT2D eigenvalue weighted by Gasteiger charge is 2.10. The quantitative estimate of drug-likeness (QED) is 0.803. The lowest BCUT2D eigenvalue weighted by Gasteiger charge is -2.11. The van der Waals surface area contributed by atoms with Gasteiger partial charge in [-0.1, -0.05) is 47.5 Å². The molecule has 0 saturated carbocycles. The molecule has 0 radical (unpaired) electrons. The summed E-state index contributed by atoms with van der Waals surface area (Å²) in [6.07, 6.45) is 0.702. The van der Waals surface area contributed by atoms with Crippen LogP contribution in [0.25, 0.3) is 0 Å². The molecule has 0 saturated heterocycles. The van der Waals surface area contributed by atoms with Crippen LogP contribution in [0.3, 0.4) is 0 Å². The Balaban J connectivity index is 1.90. The van der Waals surface area contributed by atoms with E-state index in [2.05, 4.69) is 6.07 Å². The summed E-state index contributed by atoms with van der Waals surface area (Å²) >= 11 is 0. The predicted octanol–water partition coefficient (Wildman–Crippen LogP) is 4.38. The molecular weight excluding hydrogens is 246 g/mol. The number of benzene rings is 2. The molecule has 2 aromatic carbocycles. The Labute approximate surface area is 120 Å². The van der Waals surface area contributed by atoms with Crippen molar-refractivity contribution in [1.82, 2.24) is 0 Å². The van der Waals surface area contributed by atoms with Crippen LogP contribution in [0.5, 0.6) is 5.75 Å². The smallest absolute Gasteiger partial charge is 0.119 e. The fourth-order valence-corrected chi connectivity index (χ4v) is 2.03. The van der Waals surface area contributed by atoms with E-state index in [-0.39, 0.29) is 5.92 Å². The third kappa shape index (κ3) is 3.86. The molecule has 20 heavy (non-hydrogen) atoms. The van der Waals surface area contributed by atoms with Crippen molar-refractivity contribution in [3.63, 3.8) is 0 Å². The minimum atomic E-state index is -0.110. The molecule has 2 nitrogen and oxygen atoms in total. The van der Waals surface area contributed by atoms with E-state index in [9.17, 15) is 5.26 Å². The Morgan fingerprint density at radius 2 is 1.50 bits per heavy atom. The number of ether oxygens (including phenoxy) is 1. The molecule has 0 bridgehead atoms. The van der Waals surface area contributed by atoms with Gasteiger partial charge in [0.25, 0.3) is 0 Å². The lowest BCUT2D eigenvalue weighted by molar-refractivity contribution is 0.306. The molecule has 0 amide bonds. The molecule has 0 spiro atoms. The molecule has 1 unspecified atom stereocenters. The minimum Gasteiger partial charge on any atom is -0.494 e. The first-order valence-electron chi connectivity index (χ1n) is 6.84. The maximum absolute atomic E-state index is 9.28. The first-order valence-corrected chi connectivity index (χ1v) is 6.84. The van der Waals surface area contributed by atoms with E-state index in [1.807, 2.05) is 62.4 Å². The summed E-state index contributed by atoms with van der Waals surface area (Å²) in [7, 11) is 0. The zero-order valence-corrected chi connectivity index (χ0v) is 12.0. The Kier molecular flexibility index (Phi) is 4.79. The Morgan fingerprint density at radius 1 is 0.950 bits per heavy atom. The van der Waals surface area contributed by atoms with Crippen molar-refractivity contribution in [2.24, 2.45) is 0 Å². The van der Waals surface area contributed by atoms with Crippen molar-refractivity contribution >= 4 is 0 Å². The van der Waals surface area contributed by atoms with Gasteiger partial charge in [-0.3, -0.25) is 0 Å². The maximum Gasteiger partial charge on any atom is 0.119 e. The van der Waals surface area contributed by atoms with Gasteiger partial charge in [0.15, 0.2) is 0 Å². The Hall–Kier alpha value is -2.27. The molecule has 0 aliphatic rings. The van der Waals surface area contributed by atoms with E-state index in [1.54, 1.807) is 0 Å². The van der Waals surface area contributed by atoms with E-state index in [0.717, 1.165) is 11.3 Å². The first kappa shape index (κ1) is 14.1. The van der Waals surface area contributed by atoms with Gasteiger partial charge < -0.3 is 4.74 Å². The minimum absolute atomic E-state index is 0.110. The van der Waals surface area contributed by atoms with Gasteiger partial charge in [-0.05, 0) is 31.5 Å².